The third kappa shape index (κ3) is 8.05. The summed E-state index contributed by atoms with van der Waals surface area (Å²) in [7, 11) is -3.80. The van der Waals surface area contributed by atoms with Crippen LogP contribution in [0.15, 0.2) is 12.2 Å². The fraction of sp³-hybridized carbons (Fsp3) is 0.800. The summed E-state index contributed by atoms with van der Waals surface area (Å²) in [6.07, 6.45) is 9.28. The van der Waals surface area contributed by atoms with Crippen molar-refractivity contribution in [1.29, 1.82) is 0 Å². The normalized spacial score (nSPS) is 31.6. The Morgan fingerprint density at radius 1 is 1.14 bits per heavy atom. The lowest BCUT2D eigenvalue weighted by atomic mass is 9.94. The number of carbonyl (C=O) groups is 4. The molecule has 5 atom stereocenters. The van der Waals surface area contributed by atoms with Gasteiger partial charge in [0.15, 0.2) is 0 Å². The molecule has 4 aliphatic rings. The van der Waals surface area contributed by atoms with Gasteiger partial charge in [0.05, 0.1) is 5.25 Å². The predicted octanol–water partition coefficient (Wildman–Crippen LogP) is 3.15. The van der Waals surface area contributed by atoms with E-state index in [1.165, 1.54) is 0 Å². The number of hydrogen-bond acceptors (Lipinski definition) is 7. The van der Waals surface area contributed by atoms with Gasteiger partial charge >= 0.3 is 6.09 Å². The molecule has 4 amide bonds. The van der Waals surface area contributed by atoms with Crippen LogP contribution in [0.4, 0.5) is 4.79 Å². The van der Waals surface area contributed by atoms with Gasteiger partial charge in [-0.3, -0.25) is 19.1 Å². The van der Waals surface area contributed by atoms with Crippen LogP contribution >= 0.6 is 0 Å². The minimum atomic E-state index is -3.80. The highest BCUT2D eigenvalue weighted by Crippen LogP contribution is 2.46. The highest BCUT2D eigenvalue weighted by Gasteiger charge is 2.62. The van der Waals surface area contributed by atoms with Crippen LogP contribution in [0.3, 0.4) is 0 Å². The molecule has 2 aliphatic carbocycles. The van der Waals surface area contributed by atoms with Crippen molar-refractivity contribution in [3.8, 4) is 0 Å². The monoisotopic (exact) mass is 608 g/mol. The summed E-state index contributed by atoms with van der Waals surface area (Å²) in [5.74, 6) is -1.45. The van der Waals surface area contributed by atoms with Crippen LogP contribution in [0.1, 0.15) is 98.8 Å². The van der Waals surface area contributed by atoms with Crippen LogP contribution in [0, 0.1) is 17.8 Å². The molecule has 2 heterocycles. The van der Waals surface area contributed by atoms with Crippen molar-refractivity contribution in [2.75, 3.05) is 6.54 Å². The van der Waals surface area contributed by atoms with Gasteiger partial charge in [-0.1, -0.05) is 38.8 Å². The van der Waals surface area contributed by atoms with Gasteiger partial charge in [0, 0.05) is 12.5 Å². The molecule has 2 saturated carbocycles. The quantitative estimate of drug-likeness (QED) is 0.392. The second-order valence-corrected chi connectivity index (χ2v) is 15.9. The zero-order valence-electron chi connectivity index (χ0n) is 25.6. The summed E-state index contributed by atoms with van der Waals surface area (Å²) < 4.78 is 32.9. The molecular weight excluding hydrogens is 560 g/mol. The van der Waals surface area contributed by atoms with Gasteiger partial charge in [-0.15, -0.1) is 0 Å². The van der Waals surface area contributed by atoms with E-state index >= 15 is 0 Å². The lowest BCUT2D eigenvalue weighted by Gasteiger charge is -2.30. The summed E-state index contributed by atoms with van der Waals surface area (Å²) >= 11 is 0. The topological polar surface area (TPSA) is 151 Å². The van der Waals surface area contributed by atoms with Gasteiger partial charge in [-0.2, -0.15) is 0 Å². The van der Waals surface area contributed by atoms with Crippen molar-refractivity contribution < 1.29 is 32.3 Å². The second-order valence-electron chi connectivity index (χ2n) is 13.9. The number of ether oxygens (including phenoxy) is 1. The van der Waals surface area contributed by atoms with Gasteiger partial charge < -0.3 is 20.3 Å². The Labute approximate surface area is 250 Å². The molecule has 0 spiro atoms. The molecular formula is C30H48N4O7S. The maximum absolute atomic E-state index is 14.0. The van der Waals surface area contributed by atoms with Crippen molar-refractivity contribution >= 4 is 33.8 Å². The van der Waals surface area contributed by atoms with Crippen LogP contribution < -0.4 is 15.4 Å². The van der Waals surface area contributed by atoms with Crippen molar-refractivity contribution in [3.05, 3.63) is 12.2 Å². The highest BCUT2D eigenvalue weighted by molar-refractivity contribution is 7.91. The van der Waals surface area contributed by atoms with E-state index in [2.05, 4.69) is 29.2 Å². The van der Waals surface area contributed by atoms with E-state index in [0.29, 0.717) is 51.0 Å². The molecule has 0 aromatic heterocycles. The van der Waals surface area contributed by atoms with Crippen molar-refractivity contribution in [3.63, 3.8) is 0 Å². The number of carbonyl (C=O) groups excluding carboxylic acids is 4. The number of alkyl carbamates (subject to hydrolysis) is 1. The van der Waals surface area contributed by atoms with Crippen molar-refractivity contribution in [2.45, 2.75) is 127 Å². The van der Waals surface area contributed by atoms with E-state index in [0.717, 1.165) is 25.7 Å². The van der Waals surface area contributed by atoms with E-state index < -0.39 is 56.4 Å². The fourth-order valence-corrected chi connectivity index (χ4v) is 7.54. The first-order valence-corrected chi connectivity index (χ1v) is 17.0. The third-order valence-corrected chi connectivity index (χ3v) is 10.3. The van der Waals surface area contributed by atoms with Gasteiger partial charge in [-0.05, 0) is 84.0 Å². The molecule has 0 radical (unpaired) electrons. The standard InChI is InChI=1S/C30H48N4O7S/c1-19(2)15-20-16-24-25(35)32-30(27(37)33-42(39,40)22-13-14-22)17-21(30)11-9-7-6-8-10-12-23(26(36)34(24)18-20)31-28(38)41-29(3,4)5/h9,11,19-24H,6-8,10,12-18H2,1-5H3,(H,31,38)(H,32,35)(H,33,37)/b11-9-/t20-,21-,23+,24+,30-/m1/s1. The number of amides is 4. The van der Waals surface area contributed by atoms with Crippen LogP contribution in [-0.2, 0) is 29.1 Å². The summed E-state index contributed by atoms with van der Waals surface area (Å²) in [6, 6.07) is -1.70. The molecule has 4 rings (SSSR count). The zero-order valence-corrected chi connectivity index (χ0v) is 26.4. The zero-order chi connectivity index (χ0) is 30.9. The third-order valence-electron chi connectivity index (χ3n) is 8.46. The first-order chi connectivity index (χ1) is 19.6. The average molecular weight is 609 g/mol. The first kappa shape index (κ1) is 32.3. The van der Waals surface area contributed by atoms with Gasteiger partial charge in [0.1, 0.15) is 23.2 Å². The minimum absolute atomic E-state index is 0.0701. The maximum atomic E-state index is 14.0. The van der Waals surface area contributed by atoms with Crippen LogP contribution in [-0.4, -0.2) is 72.2 Å². The van der Waals surface area contributed by atoms with Gasteiger partial charge in [0.25, 0.3) is 5.91 Å². The number of fused-ring (bicyclic) bond motifs is 2. The largest absolute Gasteiger partial charge is 0.444 e. The molecule has 11 nitrogen and oxygen atoms in total. The lowest BCUT2D eigenvalue weighted by molar-refractivity contribution is -0.141. The van der Waals surface area contributed by atoms with E-state index in [1.54, 1.807) is 25.7 Å². The van der Waals surface area contributed by atoms with Crippen molar-refractivity contribution in [2.24, 2.45) is 17.8 Å². The first-order valence-electron chi connectivity index (χ1n) is 15.5. The average Bonchev–Trinajstić information content (AvgIpc) is 3.78. The summed E-state index contributed by atoms with van der Waals surface area (Å²) in [5, 5.41) is 5.08. The number of allylic oxidation sites excluding steroid dienone is 1. The van der Waals surface area contributed by atoms with E-state index in [-0.39, 0.29) is 17.7 Å². The molecule has 3 N–H and O–H groups in total. The van der Waals surface area contributed by atoms with Crippen LogP contribution in [0.5, 0.6) is 0 Å². The van der Waals surface area contributed by atoms with Gasteiger partial charge in [-0.25, -0.2) is 13.2 Å². The van der Waals surface area contributed by atoms with E-state index in [4.69, 9.17) is 4.74 Å². The minimum Gasteiger partial charge on any atom is -0.444 e. The summed E-state index contributed by atoms with van der Waals surface area (Å²) in [6.45, 7) is 9.80. The summed E-state index contributed by atoms with van der Waals surface area (Å²) in [4.78, 5) is 55.6. The van der Waals surface area contributed by atoms with Crippen molar-refractivity contribution in [1.82, 2.24) is 20.3 Å². The molecule has 0 aromatic rings. The molecule has 0 aromatic carbocycles. The number of nitrogens with one attached hydrogen (secondary N) is 3. The fourth-order valence-electron chi connectivity index (χ4n) is 6.17. The van der Waals surface area contributed by atoms with E-state index in [9.17, 15) is 27.6 Å². The Morgan fingerprint density at radius 3 is 2.50 bits per heavy atom. The molecule has 42 heavy (non-hydrogen) atoms. The maximum Gasteiger partial charge on any atom is 0.408 e. The Morgan fingerprint density at radius 2 is 1.86 bits per heavy atom. The number of nitrogens with zero attached hydrogens (tertiary/aromatic N) is 1. The van der Waals surface area contributed by atoms with E-state index in [1.807, 2.05) is 12.2 Å². The molecule has 0 bridgehead atoms. The Kier molecular flexibility index (Phi) is 9.64. The van der Waals surface area contributed by atoms with Crippen LogP contribution in [0.25, 0.3) is 0 Å². The molecule has 12 heteroatoms. The Bertz CT molecular complexity index is 1190. The number of sulfonamides is 1. The summed E-state index contributed by atoms with van der Waals surface area (Å²) in [5.41, 5.74) is -2.12. The SMILES string of the molecule is CC(C)C[C@@H]1C[C@H]2C(=O)N[C@]3(C(=O)NS(=O)(=O)C4CC4)C[C@H]3/C=C\CCCCC[C@H](NC(=O)OC(C)(C)C)C(=O)N2C1. The Hall–Kier alpha value is -2.63. The molecule has 236 valence electrons. The molecule has 1 saturated heterocycles. The molecule has 3 fully saturated rings. The van der Waals surface area contributed by atoms with Crippen LogP contribution in [0.2, 0.25) is 0 Å². The number of rotatable bonds is 6. The van der Waals surface area contributed by atoms with Gasteiger partial charge in [0.2, 0.25) is 21.8 Å². The number of hydrogen-bond donors (Lipinski definition) is 3. The Balaban J connectivity index is 1.61. The second kappa shape index (κ2) is 12.5. The molecule has 0 unspecified atom stereocenters. The smallest absolute Gasteiger partial charge is 0.408 e. The lowest BCUT2D eigenvalue weighted by Crippen LogP contribution is -2.58. The highest BCUT2D eigenvalue weighted by atomic mass is 32.2. The molecule has 2 aliphatic heterocycles. The predicted molar refractivity (Wildman–Crippen MR) is 158 cm³/mol.